The monoisotopic (exact) mass is 288 g/mol. The van der Waals surface area contributed by atoms with Crippen molar-refractivity contribution in [2.24, 2.45) is 0 Å². The lowest BCUT2D eigenvalue weighted by molar-refractivity contribution is 0.0697. The number of aliphatic hydroxyl groups excluding tert-OH is 1. The Bertz CT molecular complexity index is 398. The van der Waals surface area contributed by atoms with E-state index >= 15 is 0 Å². The Labute approximate surface area is 102 Å². The molecule has 0 saturated heterocycles. The number of hydrogen-bond acceptors (Lipinski definition) is 4. The molecule has 1 atom stereocenters. The number of aliphatic hydroxyl groups is 1. The number of aromatic nitrogens is 1. The summed E-state index contributed by atoms with van der Waals surface area (Å²) in [5.74, 6) is -0.696. The van der Waals surface area contributed by atoms with Crippen molar-refractivity contribution in [2.45, 2.75) is 13.0 Å². The molecule has 1 heterocycles. The standard InChI is InChI=1S/C10H13BrN2O3/c1-6(5-14)13(2)9-8(10(15)16)3-7(11)4-12-9/h3-4,6,14H,5H2,1-2H3,(H,15,16). The highest BCUT2D eigenvalue weighted by molar-refractivity contribution is 9.10. The highest BCUT2D eigenvalue weighted by atomic mass is 79.9. The molecule has 88 valence electrons. The zero-order valence-corrected chi connectivity index (χ0v) is 10.6. The van der Waals surface area contributed by atoms with Crippen molar-refractivity contribution in [3.05, 3.63) is 22.3 Å². The second-order valence-corrected chi connectivity index (χ2v) is 4.39. The fourth-order valence-corrected chi connectivity index (χ4v) is 1.53. The Morgan fingerprint density at radius 1 is 1.69 bits per heavy atom. The number of nitrogens with zero attached hydrogens (tertiary/aromatic N) is 2. The lowest BCUT2D eigenvalue weighted by Crippen LogP contribution is -2.33. The summed E-state index contributed by atoms with van der Waals surface area (Å²) in [6.07, 6.45) is 1.53. The summed E-state index contributed by atoms with van der Waals surface area (Å²) in [6.45, 7) is 1.72. The number of halogens is 1. The van der Waals surface area contributed by atoms with E-state index in [-0.39, 0.29) is 18.2 Å². The molecular formula is C10H13BrN2O3. The van der Waals surface area contributed by atoms with Crippen LogP contribution in [0.3, 0.4) is 0 Å². The van der Waals surface area contributed by atoms with E-state index in [4.69, 9.17) is 10.2 Å². The Morgan fingerprint density at radius 2 is 2.31 bits per heavy atom. The summed E-state index contributed by atoms with van der Waals surface area (Å²) < 4.78 is 0.610. The zero-order chi connectivity index (χ0) is 12.3. The lowest BCUT2D eigenvalue weighted by Gasteiger charge is -2.25. The van der Waals surface area contributed by atoms with E-state index in [1.165, 1.54) is 12.3 Å². The summed E-state index contributed by atoms with van der Waals surface area (Å²) >= 11 is 3.17. The quantitative estimate of drug-likeness (QED) is 0.875. The first kappa shape index (κ1) is 12.9. The topological polar surface area (TPSA) is 73.7 Å². The molecule has 0 aliphatic rings. The molecule has 0 aliphatic heterocycles. The van der Waals surface area contributed by atoms with Crippen LogP contribution < -0.4 is 4.90 Å². The normalized spacial score (nSPS) is 12.2. The van der Waals surface area contributed by atoms with Crippen LogP contribution in [0.5, 0.6) is 0 Å². The third-order valence-electron chi connectivity index (χ3n) is 2.32. The maximum atomic E-state index is 11.0. The number of anilines is 1. The molecular weight excluding hydrogens is 276 g/mol. The van der Waals surface area contributed by atoms with Crippen molar-refractivity contribution in [1.82, 2.24) is 4.98 Å². The summed E-state index contributed by atoms with van der Waals surface area (Å²) in [5.41, 5.74) is 0.108. The first-order valence-electron chi connectivity index (χ1n) is 4.70. The van der Waals surface area contributed by atoms with E-state index in [1.54, 1.807) is 18.9 Å². The van der Waals surface area contributed by atoms with Gasteiger partial charge in [0.25, 0.3) is 0 Å². The molecule has 0 saturated carbocycles. The molecule has 1 rings (SSSR count). The van der Waals surface area contributed by atoms with E-state index in [9.17, 15) is 4.79 Å². The van der Waals surface area contributed by atoms with Crippen LogP contribution in [0.25, 0.3) is 0 Å². The minimum atomic E-state index is -1.04. The molecule has 0 bridgehead atoms. The number of rotatable bonds is 4. The van der Waals surface area contributed by atoms with Crippen molar-refractivity contribution in [2.75, 3.05) is 18.6 Å². The number of aromatic carboxylic acids is 1. The highest BCUT2D eigenvalue weighted by Gasteiger charge is 2.18. The smallest absolute Gasteiger partial charge is 0.339 e. The molecule has 0 aromatic carbocycles. The molecule has 2 N–H and O–H groups in total. The average molecular weight is 289 g/mol. The van der Waals surface area contributed by atoms with Crippen molar-refractivity contribution in [3.63, 3.8) is 0 Å². The second-order valence-electron chi connectivity index (χ2n) is 3.47. The summed E-state index contributed by atoms with van der Waals surface area (Å²) in [6, 6.07) is 1.30. The third-order valence-corrected chi connectivity index (χ3v) is 2.76. The van der Waals surface area contributed by atoms with Gasteiger partial charge in [-0.05, 0) is 28.9 Å². The first-order valence-corrected chi connectivity index (χ1v) is 5.49. The predicted octanol–water partition coefficient (Wildman–Crippen LogP) is 1.36. The number of carboxylic acids is 1. The maximum Gasteiger partial charge on any atom is 0.339 e. The van der Waals surface area contributed by atoms with E-state index in [0.29, 0.717) is 10.3 Å². The molecule has 0 fully saturated rings. The molecule has 6 heteroatoms. The maximum absolute atomic E-state index is 11.0. The van der Waals surface area contributed by atoms with Gasteiger partial charge in [-0.2, -0.15) is 0 Å². The molecule has 16 heavy (non-hydrogen) atoms. The molecule has 0 spiro atoms. The molecule has 1 aromatic rings. The van der Waals surface area contributed by atoms with E-state index in [0.717, 1.165) is 0 Å². The van der Waals surface area contributed by atoms with Crippen LogP contribution >= 0.6 is 15.9 Å². The van der Waals surface area contributed by atoms with Crippen LogP contribution in [0.15, 0.2) is 16.7 Å². The lowest BCUT2D eigenvalue weighted by atomic mass is 10.2. The number of pyridine rings is 1. The van der Waals surface area contributed by atoms with Crippen molar-refractivity contribution >= 4 is 27.7 Å². The highest BCUT2D eigenvalue weighted by Crippen LogP contribution is 2.22. The van der Waals surface area contributed by atoms with Crippen LogP contribution in [-0.4, -0.2) is 40.9 Å². The van der Waals surface area contributed by atoms with E-state index in [1.807, 2.05) is 0 Å². The number of carboxylic acid groups (broad SMARTS) is 1. The third kappa shape index (κ3) is 2.70. The minimum absolute atomic E-state index is 0.0622. The largest absolute Gasteiger partial charge is 0.478 e. The van der Waals surface area contributed by atoms with Crippen LogP contribution in [0.4, 0.5) is 5.82 Å². The molecule has 1 aromatic heterocycles. The van der Waals surface area contributed by atoms with Crippen LogP contribution in [0.2, 0.25) is 0 Å². The van der Waals surface area contributed by atoms with Gasteiger partial charge in [0.2, 0.25) is 0 Å². The second kappa shape index (κ2) is 5.27. The van der Waals surface area contributed by atoms with Gasteiger partial charge in [-0.25, -0.2) is 9.78 Å². The van der Waals surface area contributed by atoms with Gasteiger partial charge in [-0.15, -0.1) is 0 Å². The summed E-state index contributed by atoms with van der Waals surface area (Å²) in [7, 11) is 1.70. The Morgan fingerprint density at radius 3 is 2.81 bits per heavy atom. The molecule has 0 aliphatic carbocycles. The Balaban J connectivity index is 3.17. The van der Waals surface area contributed by atoms with Gasteiger partial charge in [0.1, 0.15) is 11.4 Å². The number of hydrogen-bond donors (Lipinski definition) is 2. The van der Waals surface area contributed by atoms with Gasteiger partial charge in [0.05, 0.1) is 12.6 Å². The molecule has 1 unspecified atom stereocenters. The van der Waals surface area contributed by atoms with Crippen LogP contribution in [-0.2, 0) is 0 Å². The predicted molar refractivity (Wildman–Crippen MR) is 63.8 cm³/mol. The van der Waals surface area contributed by atoms with Crippen molar-refractivity contribution in [1.29, 1.82) is 0 Å². The van der Waals surface area contributed by atoms with Gasteiger partial charge >= 0.3 is 5.97 Å². The Hall–Kier alpha value is -1.14. The van der Waals surface area contributed by atoms with E-state index in [2.05, 4.69) is 20.9 Å². The van der Waals surface area contributed by atoms with Crippen molar-refractivity contribution in [3.8, 4) is 0 Å². The summed E-state index contributed by atoms with van der Waals surface area (Å²) in [4.78, 5) is 16.7. The molecule has 0 radical (unpaired) electrons. The Kier molecular flexibility index (Phi) is 4.26. The SMILES string of the molecule is CC(CO)N(C)c1ncc(Br)cc1C(=O)O. The first-order chi connectivity index (χ1) is 7.47. The van der Waals surface area contributed by atoms with Gasteiger partial charge in [-0.3, -0.25) is 0 Å². The fourth-order valence-electron chi connectivity index (χ4n) is 1.20. The van der Waals surface area contributed by atoms with Crippen molar-refractivity contribution < 1.29 is 15.0 Å². The number of likely N-dealkylation sites (N-methyl/N-ethyl adjacent to an activating group) is 1. The van der Waals surface area contributed by atoms with Crippen LogP contribution in [0.1, 0.15) is 17.3 Å². The zero-order valence-electron chi connectivity index (χ0n) is 9.01. The fraction of sp³-hybridized carbons (Fsp3) is 0.400. The average Bonchev–Trinajstić information content (AvgIpc) is 2.26. The van der Waals surface area contributed by atoms with Gasteiger partial charge in [0, 0.05) is 17.7 Å². The van der Waals surface area contributed by atoms with E-state index < -0.39 is 5.97 Å². The number of carbonyl (C=O) groups is 1. The molecule has 5 nitrogen and oxygen atoms in total. The summed E-state index contributed by atoms with van der Waals surface area (Å²) in [5, 5.41) is 18.1. The van der Waals surface area contributed by atoms with Gasteiger partial charge in [0.15, 0.2) is 0 Å². The van der Waals surface area contributed by atoms with Crippen LogP contribution in [0, 0.1) is 0 Å². The minimum Gasteiger partial charge on any atom is -0.478 e. The van der Waals surface area contributed by atoms with Gasteiger partial charge < -0.3 is 15.1 Å². The van der Waals surface area contributed by atoms with Gasteiger partial charge in [-0.1, -0.05) is 0 Å². The molecule has 0 amide bonds.